The van der Waals surface area contributed by atoms with Gasteiger partial charge in [-0.2, -0.15) is 0 Å². The molecule has 3 aromatic carbocycles. The number of nitrogens with zero attached hydrogens (tertiary/aromatic N) is 1. The Morgan fingerprint density at radius 1 is 0.900 bits per heavy atom. The van der Waals surface area contributed by atoms with Crippen LogP contribution in [-0.2, 0) is 16.0 Å². The standard InChI is InChI=1S/C24H20N2O4/c1-30-24(29)18-12-6-7-13-19(18)25-22(27)21-15-17-11-5-8-14-20(17)26(21)23(28)16-9-3-2-4-10-16/h2-14,21H,15H2,1H3,(H,25,27). The lowest BCUT2D eigenvalue weighted by molar-refractivity contribution is -0.117. The van der Waals surface area contributed by atoms with Crippen LogP contribution in [0.25, 0.3) is 0 Å². The molecule has 1 unspecified atom stereocenters. The van der Waals surface area contributed by atoms with Gasteiger partial charge in [0.25, 0.3) is 5.91 Å². The average Bonchev–Trinajstić information content (AvgIpc) is 3.19. The molecule has 0 fully saturated rings. The van der Waals surface area contributed by atoms with Gasteiger partial charge in [0.05, 0.1) is 18.4 Å². The average molecular weight is 400 g/mol. The Kier molecular flexibility index (Phi) is 5.30. The summed E-state index contributed by atoms with van der Waals surface area (Å²) in [5.74, 6) is -1.16. The van der Waals surface area contributed by atoms with Crippen molar-refractivity contribution in [3.8, 4) is 0 Å². The van der Waals surface area contributed by atoms with Gasteiger partial charge in [0.15, 0.2) is 0 Å². The fourth-order valence-electron chi connectivity index (χ4n) is 3.66. The Morgan fingerprint density at radius 3 is 2.33 bits per heavy atom. The number of esters is 1. The molecule has 0 spiro atoms. The van der Waals surface area contributed by atoms with Crippen LogP contribution in [0.4, 0.5) is 11.4 Å². The van der Waals surface area contributed by atoms with Gasteiger partial charge in [0.2, 0.25) is 5.91 Å². The highest BCUT2D eigenvalue weighted by molar-refractivity contribution is 6.14. The molecular weight excluding hydrogens is 380 g/mol. The first kappa shape index (κ1) is 19.4. The van der Waals surface area contributed by atoms with Gasteiger partial charge in [-0.15, -0.1) is 0 Å². The van der Waals surface area contributed by atoms with E-state index in [0.29, 0.717) is 23.4 Å². The molecule has 6 heteroatoms. The number of hydrogen-bond acceptors (Lipinski definition) is 4. The number of methoxy groups -OCH3 is 1. The van der Waals surface area contributed by atoms with Crippen LogP contribution in [0, 0.1) is 0 Å². The molecule has 1 heterocycles. The number of para-hydroxylation sites is 2. The minimum atomic E-state index is -0.735. The van der Waals surface area contributed by atoms with E-state index in [1.807, 2.05) is 30.3 Å². The molecule has 2 amide bonds. The maximum absolute atomic E-state index is 13.3. The van der Waals surface area contributed by atoms with E-state index < -0.39 is 12.0 Å². The summed E-state index contributed by atoms with van der Waals surface area (Å²) in [5, 5.41) is 2.81. The van der Waals surface area contributed by atoms with Gasteiger partial charge < -0.3 is 10.1 Å². The first-order chi connectivity index (χ1) is 14.6. The molecule has 1 aliphatic rings. The number of nitrogens with one attached hydrogen (secondary N) is 1. The van der Waals surface area contributed by atoms with Crippen LogP contribution in [-0.4, -0.2) is 30.9 Å². The summed E-state index contributed by atoms with van der Waals surface area (Å²) in [6.45, 7) is 0. The van der Waals surface area contributed by atoms with Gasteiger partial charge in [-0.05, 0) is 35.9 Å². The van der Waals surface area contributed by atoms with Crippen LogP contribution in [0.15, 0.2) is 78.9 Å². The van der Waals surface area contributed by atoms with E-state index >= 15 is 0 Å². The summed E-state index contributed by atoms with van der Waals surface area (Å²) < 4.78 is 4.80. The van der Waals surface area contributed by atoms with Crippen LogP contribution in [0.5, 0.6) is 0 Å². The second kappa shape index (κ2) is 8.21. The van der Waals surface area contributed by atoms with Crippen LogP contribution in [0.2, 0.25) is 0 Å². The fourth-order valence-corrected chi connectivity index (χ4v) is 3.66. The number of amides is 2. The molecule has 0 bridgehead atoms. The van der Waals surface area contributed by atoms with Crippen molar-refractivity contribution in [3.63, 3.8) is 0 Å². The highest BCUT2D eigenvalue weighted by atomic mass is 16.5. The van der Waals surface area contributed by atoms with Crippen molar-refractivity contribution >= 4 is 29.2 Å². The predicted octanol–water partition coefficient (Wildman–Crippen LogP) is 3.68. The molecule has 1 N–H and O–H groups in total. The number of carbonyl (C=O) groups excluding carboxylic acids is 3. The van der Waals surface area contributed by atoms with Crippen molar-refractivity contribution in [2.24, 2.45) is 0 Å². The number of carbonyl (C=O) groups is 3. The van der Waals surface area contributed by atoms with E-state index in [2.05, 4.69) is 5.32 Å². The zero-order valence-corrected chi connectivity index (χ0v) is 16.4. The van der Waals surface area contributed by atoms with Crippen molar-refractivity contribution < 1.29 is 19.1 Å². The van der Waals surface area contributed by atoms with Crippen molar-refractivity contribution in [2.45, 2.75) is 12.5 Å². The smallest absolute Gasteiger partial charge is 0.339 e. The van der Waals surface area contributed by atoms with E-state index in [1.165, 1.54) is 12.0 Å². The van der Waals surface area contributed by atoms with Crippen LogP contribution < -0.4 is 10.2 Å². The molecule has 30 heavy (non-hydrogen) atoms. The quantitative estimate of drug-likeness (QED) is 0.678. The molecular formula is C24H20N2O4. The van der Waals surface area contributed by atoms with E-state index in [0.717, 1.165) is 5.56 Å². The van der Waals surface area contributed by atoms with E-state index in [-0.39, 0.29) is 17.4 Å². The van der Waals surface area contributed by atoms with Crippen molar-refractivity contribution in [2.75, 3.05) is 17.3 Å². The molecule has 0 radical (unpaired) electrons. The van der Waals surface area contributed by atoms with Gasteiger partial charge in [-0.3, -0.25) is 14.5 Å². The summed E-state index contributed by atoms with van der Waals surface area (Å²) in [6.07, 6.45) is 0.390. The van der Waals surface area contributed by atoms with E-state index in [4.69, 9.17) is 4.74 Å². The zero-order valence-electron chi connectivity index (χ0n) is 16.4. The van der Waals surface area contributed by atoms with Crippen LogP contribution in [0.1, 0.15) is 26.3 Å². The molecule has 0 aromatic heterocycles. The summed E-state index contributed by atoms with van der Waals surface area (Å²) in [5.41, 5.74) is 2.74. The van der Waals surface area contributed by atoms with Gasteiger partial charge in [0.1, 0.15) is 6.04 Å². The van der Waals surface area contributed by atoms with E-state index in [9.17, 15) is 14.4 Å². The minimum absolute atomic E-state index is 0.248. The summed E-state index contributed by atoms with van der Waals surface area (Å²) in [7, 11) is 1.29. The van der Waals surface area contributed by atoms with Gasteiger partial charge in [-0.1, -0.05) is 48.5 Å². The zero-order chi connectivity index (χ0) is 21.1. The maximum Gasteiger partial charge on any atom is 0.339 e. The molecule has 0 saturated heterocycles. The van der Waals surface area contributed by atoms with Crippen molar-refractivity contribution in [1.82, 2.24) is 0 Å². The van der Waals surface area contributed by atoms with Crippen molar-refractivity contribution in [1.29, 1.82) is 0 Å². The van der Waals surface area contributed by atoms with Crippen LogP contribution >= 0.6 is 0 Å². The van der Waals surface area contributed by atoms with Gasteiger partial charge in [0, 0.05) is 17.7 Å². The number of fused-ring (bicyclic) bond motifs is 1. The normalized spacial score (nSPS) is 14.7. The summed E-state index contributed by atoms with van der Waals surface area (Å²) in [4.78, 5) is 40.1. The number of ether oxygens (including phenoxy) is 1. The molecule has 1 aliphatic heterocycles. The minimum Gasteiger partial charge on any atom is -0.465 e. The van der Waals surface area contributed by atoms with Gasteiger partial charge in [-0.25, -0.2) is 4.79 Å². The highest BCUT2D eigenvalue weighted by Crippen LogP contribution is 2.34. The Morgan fingerprint density at radius 2 is 1.57 bits per heavy atom. The van der Waals surface area contributed by atoms with Crippen LogP contribution in [0.3, 0.4) is 0 Å². The molecule has 150 valence electrons. The maximum atomic E-state index is 13.3. The number of rotatable bonds is 4. The Bertz CT molecular complexity index is 1110. The molecule has 4 rings (SSSR count). The Balaban J connectivity index is 1.67. The number of benzene rings is 3. The lowest BCUT2D eigenvalue weighted by Crippen LogP contribution is -2.45. The van der Waals surface area contributed by atoms with Crippen molar-refractivity contribution in [3.05, 3.63) is 95.6 Å². The fraction of sp³-hybridized carbons (Fsp3) is 0.125. The Hall–Kier alpha value is -3.93. The number of hydrogen-bond donors (Lipinski definition) is 1. The monoisotopic (exact) mass is 400 g/mol. The van der Waals surface area contributed by atoms with E-state index in [1.54, 1.807) is 48.5 Å². The molecule has 0 aliphatic carbocycles. The topological polar surface area (TPSA) is 75.7 Å². The first-order valence-electron chi connectivity index (χ1n) is 9.55. The third-order valence-corrected chi connectivity index (χ3v) is 5.11. The second-order valence-electron chi connectivity index (χ2n) is 6.92. The summed E-state index contributed by atoms with van der Waals surface area (Å²) in [6, 6.07) is 22.2. The lowest BCUT2D eigenvalue weighted by atomic mass is 10.1. The molecule has 6 nitrogen and oxygen atoms in total. The molecule has 1 atom stereocenters. The predicted molar refractivity (Wildman–Crippen MR) is 114 cm³/mol. The first-order valence-corrected chi connectivity index (χ1v) is 9.55. The summed E-state index contributed by atoms with van der Waals surface area (Å²) >= 11 is 0. The van der Waals surface area contributed by atoms with Gasteiger partial charge >= 0.3 is 5.97 Å². The lowest BCUT2D eigenvalue weighted by Gasteiger charge is -2.25. The second-order valence-corrected chi connectivity index (χ2v) is 6.92. The molecule has 0 saturated carbocycles. The third-order valence-electron chi connectivity index (χ3n) is 5.11. The SMILES string of the molecule is COC(=O)c1ccccc1NC(=O)C1Cc2ccccc2N1C(=O)c1ccccc1. The largest absolute Gasteiger partial charge is 0.465 e. The third kappa shape index (κ3) is 3.55. The highest BCUT2D eigenvalue weighted by Gasteiger charge is 2.38. The number of anilines is 2. The molecule has 3 aromatic rings. The Labute approximate surface area is 174 Å².